The Labute approximate surface area is 183 Å². The van der Waals surface area contributed by atoms with Crippen molar-refractivity contribution < 1.29 is 29.4 Å². The molecule has 4 rings (SSSR count). The number of hydrogen-bond donors (Lipinski definition) is 3. The fourth-order valence-electron chi connectivity index (χ4n) is 4.01. The minimum Gasteiger partial charge on any atom is -0.506 e. The summed E-state index contributed by atoms with van der Waals surface area (Å²) in [5.41, 5.74) is 0.752. The number of anilines is 1. The van der Waals surface area contributed by atoms with Gasteiger partial charge in [0.05, 0.1) is 18.3 Å². The predicted molar refractivity (Wildman–Crippen MR) is 117 cm³/mol. The van der Waals surface area contributed by atoms with E-state index in [1.54, 1.807) is 19.1 Å². The molecule has 1 unspecified atom stereocenters. The third-order valence-corrected chi connectivity index (χ3v) is 5.66. The van der Waals surface area contributed by atoms with E-state index in [2.05, 4.69) is 5.32 Å². The van der Waals surface area contributed by atoms with Crippen LogP contribution in [0.1, 0.15) is 54.8 Å². The maximum atomic E-state index is 13.2. The second-order valence-corrected chi connectivity index (χ2v) is 7.43. The van der Waals surface area contributed by atoms with Gasteiger partial charge in [-0.15, -0.1) is 0 Å². The highest BCUT2D eigenvalue weighted by Gasteiger charge is 2.38. The van der Waals surface area contributed by atoms with E-state index in [4.69, 9.17) is 0 Å². The van der Waals surface area contributed by atoms with Gasteiger partial charge >= 0.3 is 0 Å². The molecule has 8 heteroatoms. The number of aliphatic hydroxyl groups excluding tert-OH is 1. The summed E-state index contributed by atoms with van der Waals surface area (Å²) in [7, 11) is 0. The number of aromatic hydroxyl groups is 1. The lowest BCUT2D eigenvalue weighted by atomic mass is 9.87. The van der Waals surface area contributed by atoms with Gasteiger partial charge in [-0.2, -0.15) is 0 Å². The first-order valence-electron chi connectivity index (χ1n) is 10.1. The molecule has 3 aromatic rings. The number of imide groups is 1. The Morgan fingerprint density at radius 3 is 2.28 bits per heavy atom. The molecule has 0 saturated heterocycles. The van der Waals surface area contributed by atoms with E-state index in [1.165, 1.54) is 36.4 Å². The quantitative estimate of drug-likeness (QED) is 0.313. The fraction of sp³-hybridized carbons (Fsp3) is 0.167. The molecular weight excluding hydrogens is 412 g/mol. The number of carbonyl (C=O) groups excluding carboxylic acids is 4. The number of aliphatic hydroxyl groups is 1. The molecule has 1 atom stereocenters. The summed E-state index contributed by atoms with van der Waals surface area (Å²) >= 11 is 0. The zero-order valence-electron chi connectivity index (χ0n) is 17.2. The summed E-state index contributed by atoms with van der Waals surface area (Å²) in [6.45, 7) is 1.38. The van der Waals surface area contributed by atoms with Gasteiger partial charge < -0.3 is 15.5 Å². The maximum absolute atomic E-state index is 13.2. The Bertz CT molecular complexity index is 1260. The van der Waals surface area contributed by atoms with Gasteiger partial charge in [-0.3, -0.25) is 24.1 Å². The largest absolute Gasteiger partial charge is 0.506 e. The smallest absolute Gasteiger partial charge is 0.261 e. The molecular formula is C24H20N2O6. The van der Waals surface area contributed by atoms with Crippen LogP contribution in [0.3, 0.4) is 0 Å². The first kappa shape index (κ1) is 21.2. The Kier molecular flexibility index (Phi) is 5.46. The molecule has 1 heterocycles. The molecule has 3 N–H and O–H groups in total. The average molecular weight is 432 g/mol. The zero-order valence-corrected chi connectivity index (χ0v) is 17.2. The topological polar surface area (TPSA) is 124 Å². The lowest BCUT2D eigenvalue weighted by molar-refractivity contribution is 0.0465. The van der Waals surface area contributed by atoms with Crippen molar-refractivity contribution in [1.82, 2.24) is 4.90 Å². The molecule has 0 aliphatic carbocycles. The molecule has 1 aliphatic rings. The van der Waals surface area contributed by atoms with Crippen molar-refractivity contribution in [3.8, 4) is 5.75 Å². The van der Waals surface area contributed by atoms with E-state index in [9.17, 15) is 29.4 Å². The van der Waals surface area contributed by atoms with Crippen molar-refractivity contribution in [3.63, 3.8) is 0 Å². The van der Waals surface area contributed by atoms with Crippen LogP contribution in [0.2, 0.25) is 0 Å². The SMILES string of the molecule is CCC(CO)N1C(=O)c2ccc(C=O)c3c(C(=O)Nc4ccccc4O)ccc(c23)C1=O. The number of benzene rings is 3. The van der Waals surface area contributed by atoms with Gasteiger partial charge in [0.1, 0.15) is 5.75 Å². The minimum atomic E-state index is -0.687. The van der Waals surface area contributed by atoms with Crippen molar-refractivity contribution >= 4 is 40.5 Å². The third-order valence-electron chi connectivity index (χ3n) is 5.66. The van der Waals surface area contributed by atoms with Crippen LogP contribution in [0.15, 0.2) is 48.5 Å². The van der Waals surface area contributed by atoms with Crippen LogP contribution in [0.5, 0.6) is 5.75 Å². The number of nitrogens with one attached hydrogen (secondary N) is 1. The van der Waals surface area contributed by atoms with Crippen molar-refractivity contribution in [2.75, 3.05) is 11.9 Å². The highest BCUT2D eigenvalue weighted by atomic mass is 16.3. The van der Waals surface area contributed by atoms with Crippen molar-refractivity contribution in [3.05, 3.63) is 70.8 Å². The summed E-state index contributed by atoms with van der Waals surface area (Å²) in [5, 5.41) is 22.6. The van der Waals surface area contributed by atoms with E-state index in [1.807, 2.05) is 0 Å². The normalized spacial score (nSPS) is 13.9. The Balaban J connectivity index is 1.91. The van der Waals surface area contributed by atoms with E-state index in [0.29, 0.717) is 12.7 Å². The molecule has 0 radical (unpaired) electrons. The lowest BCUT2D eigenvalue weighted by Gasteiger charge is -2.33. The molecule has 0 bridgehead atoms. The summed E-state index contributed by atoms with van der Waals surface area (Å²) in [4.78, 5) is 52.2. The second kappa shape index (κ2) is 8.24. The Hall–Kier alpha value is -4.04. The van der Waals surface area contributed by atoms with Crippen molar-refractivity contribution in [2.45, 2.75) is 19.4 Å². The molecule has 0 spiro atoms. The minimum absolute atomic E-state index is 0.0826. The van der Waals surface area contributed by atoms with Gasteiger partial charge in [-0.05, 0) is 36.8 Å². The lowest BCUT2D eigenvalue weighted by Crippen LogP contribution is -2.48. The van der Waals surface area contributed by atoms with Crippen molar-refractivity contribution in [2.24, 2.45) is 0 Å². The number of nitrogens with zero attached hydrogens (tertiary/aromatic N) is 1. The Morgan fingerprint density at radius 2 is 1.69 bits per heavy atom. The van der Waals surface area contributed by atoms with Crippen LogP contribution in [0.25, 0.3) is 10.8 Å². The van der Waals surface area contributed by atoms with Crippen LogP contribution in [0, 0.1) is 0 Å². The van der Waals surface area contributed by atoms with Gasteiger partial charge in [-0.1, -0.05) is 25.1 Å². The first-order chi connectivity index (χ1) is 15.4. The number of aldehydes is 1. The van der Waals surface area contributed by atoms with Gasteiger partial charge in [0.15, 0.2) is 6.29 Å². The molecule has 162 valence electrons. The number of para-hydroxylation sites is 2. The summed E-state index contributed by atoms with van der Waals surface area (Å²) < 4.78 is 0. The number of rotatable bonds is 6. The average Bonchev–Trinajstić information content (AvgIpc) is 2.80. The standard InChI is InChI=1S/C24H20N2O6/c1-2-14(12-28)26-23(31)16-8-7-13(11-27)20-15(9-10-17(21(16)20)24(26)32)22(30)25-18-5-3-4-6-19(18)29/h3-11,14,28-29H,2,12H2,1H3,(H,25,30). The molecule has 0 saturated carbocycles. The molecule has 3 amide bonds. The number of carbonyl (C=O) groups is 4. The van der Waals surface area contributed by atoms with Gasteiger partial charge in [0.2, 0.25) is 0 Å². The zero-order chi connectivity index (χ0) is 23.0. The third kappa shape index (κ3) is 3.21. The van der Waals surface area contributed by atoms with Crippen molar-refractivity contribution in [1.29, 1.82) is 0 Å². The van der Waals surface area contributed by atoms with Crippen LogP contribution >= 0.6 is 0 Å². The molecule has 1 aliphatic heterocycles. The first-order valence-corrected chi connectivity index (χ1v) is 10.1. The molecule has 3 aromatic carbocycles. The maximum Gasteiger partial charge on any atom is 0.261 e. The van der Waals surface area contributed by atoms with Gasteiger partial charge in [-0.25, -0.2) is 0 Å². The summed E-state index contributed by atoms with van der Waals surface area (Å²) in [6.07, 6.45) is 0.934. The number of phenolic OH excluding ortho intramolecular Hbond substituents is 1. The van der Waals surface area contributed by atoms with E-state index >= 15 is 0 Å². The molecule has 0 fully saturated rings. The van der Waals surface area contributed by atoms with Crippen LogP contribution in [-0.2, 0) is 0 Å². The van der Waals surface area contributed by atoms with Crippen LogP contribution in [0.4, 0.5) is 5.69 Å². The highest BCUT2D eigenvalue weighted by Crippen LogP contribution is 2.35. The van der Waals surface area contributed by atoms with E-state index in [0.717, 1.165) is 4.90 Å². The van der Waals surface area contributed by atoms with Gasteiger partial charge in [0.25, 0.3) is 17.7 Å². The van der Waals surface area contributed by atoms with Crippen LogP contribution < -0.4 is 5.32 Å². The van der Waals surface area contributed by atoms with E-state index < -0.39 is 23.8 Å². The number of hydrogen-bond acceptors (Lipinski definition) is 6. The van der Waals surface area contributed by atoms with E-state index in [-0.39, 0.29) is 51.1 Å². The molecule has 32 heavy (non-hydrogen) atoms. The fourth-order valence-corrected chi connectivity index (χ4v) is 4.01. The van der Waals surface area contributed by atoms with Crippen LogP contribution in [-0.4, -0.2) is 51.8 Å². The Morgan fingerprint density at radius 1 is 1.03 bits per heavy atom. The second-order valence-electron chi connectivity index (χ2n) is 7.43. The molecule has 0 aromatic heterocycles. The highest BCUT2D eigenvalue weighted by molar-refractivity contribution is 6.30. The van der Waals surface area contributed by atoms with Gasteiger partial charge in [0, 0.05) is 33.0 Å². The monoisotopic (exact) mass is 432 g/mol. The number of amides is 3. The molecule has 8 nitrogen and oxygen atoms in total. The predicted octanol–water partition coefficient (Wildman–Crippen LogP) is 2.98. The summed E-state index contributed by atoms with van der Waals surface area (Å²) in [5.74, 6) is -1.93. The number of phenols is 1. The summed E-state index contributed by atoms with van der Waals surface area (Å²) in [6, 6.07) is 11.2.